The summed E-state index contributed by atoms with van der Waals surface area (Å²) in [6.45, 7) is 5.38. The van der Waals surface area contributed by atoms with E-state index >= 15 is 0 Å². The molecule has 2 N–H and O–H groups in total. The molecule has 0 amide bonds. The summed E-state index contributed by atoms with van der Waals surface area (Å²) in [7, 11) is 0. The lowest BCUT2D eigenvalue weighted by Crippen LogP contribution is -2.19. The molecule has 1 heterocycles. The van der Waals surface area contributed by atoms with Crippen LogP contribution in [0.4, 0.5) is 0 Å². The molecule has 1 aromatic heterocycles. The molecule has 6 nitrogen and oxygen atoms in total. The first-order valence-corrected chi connectivity index (χ1v) is 5.98. The number of rotatable bonds is 6. The molecule has 1 unspecified atom stereocenters. The molecular weight excluding hydrogens is 230 g/mol. The van der Waals surface area contributed by atoms with Gasteiger partial charge in [0.05, 0.1) is 12.6 Å². The Morgan fingerprint density at radius 1 is 1.44 bits per heavy atom. The molecule has 0 radical (unpaired) electrons. The van der Waals surface area contributed by atoms with Gasteiger partial charge < -0.3 is 10.1 Å². The molecular formula is C12H17N5O. The predicted molar refractivity (Wildman–Crippen MR) is 67.0 cm³/mol. The number of ether oxygens (including phenoxy) is 1. The SMILES string of the molecule is CCOc1cccc(CNC(C)c2nn[nH]n2)c1. The third kappa shape index (κ3) is 3.27. The standard InChI is InChI=1S/C12H17N5O/c1-3-18-11-6-4-5-10(7-11)8-13-9(2)12-14-16-17-15-12/h4-7,9,13H,3,8H2,1-2H3,(H,14,15,16,17). The maximum Gasteiger partial charge on any atom is 0.191 e. The molecule has 0 bridgehead atoms. The fraction of sp³-hybridized carbons (Fsp3) is 0.417. The second-order valence-corrected chi connectivity index (χ2v) is 3.95. The minimum absolute atomic E-state index is 0.0551. The molecule has 0 spiro atoms. The summed E-state index contributed by atoms with van der Waals surface area (Å²) in [6.07, 6.45) is 0. The number of aromatic nitrogens is 4. The number of benzene rings is 1. The highest BCUT2D eigenvalue weighted by molar-refractivity contribution is 5.28. The molecule has 2 aromatic rings. The van der Waals surface area contributed by atoms with Crippen molar-refractivity contribution in [3.63, 3.8) is 0 Å². The Balaban J connectivity index is 1.91. The number of tetrazole rings is 1. The highest BCUT2D eigenvalue weighted by Crippen LogP contribution is 2.14. The number of hydrogen-bond donors (Lipinski definition) is 2. The summed E-state index contributed by atoms with van der Waals surface area (Å²) in [5.74, 6) is 1.56. The van der Waals surface area contributed by atoms with Gasteiger partial charge in [-0.05, 0) is 31.5 Å². The van der Waals surface area contributed by atoms with E-state index in [1.165, 1.54) is 0 Å². The molecule has 0 saturated carbocycles. The maximum absolute atomic E-state index is 5.46. The van der Waals surface area contributed by atoms with Crippen LogP contribution in [0, 0.1) is 0 Å². The van der Waals surface area contributed by atoms with Gasteiger partial charge in [0.2, 0.25) is 0 Å². The third-order valence-corrected chi connectivity index (χ3v) is 2.57. The molecule has 6 heteroatoms. The van der Waals surface area contributed by atoms with E-state index in [0.717, 1.165) is 17.9 Å². The number of hydrogen-bond acceptors (Lipinski definition) is 5. The fourth-order valence-electron chi connectivity index (χ4n) is 1.63. The Morgan fingerprint density at radius 2 is 2.33 bits per heavy atom. The van der Waals surface area contributed by atoms with Crippen LogP contribution in [0.2, 0.25) is 0 Å². The van der Waals surface area contributed by atoms with Crippen LogP contribution < -0.4 is 10.1 Å². The predicted octanol–water partition coefficient (Wildman–Crippen LogP) is 1.45. The number of aromatic amines is 1. The van der Waals surface area contributed by atoms with Crippen molar-refractivity contribution in [1.29, 1.82) is 0 Å². The van der Waals surface area contributed by atoms with Crippen molar-refractivity contribution in [3.05, 3.63) is 35.7 Å². The van der Waals surface area contributed by atoms with Crippen molar-refractivity contribution in [2.24, 2.45) is 0 Å². The largest absolute Gasteiger partial charge is 0.494 e. The highest BCUT2D eigenvalue weighted by Gasteiger charge is 2.09. The topological polar surface area (TPSA) is 75.7 Å². The van der Waals surface area contributed by atoms with Crippen molar-refractivity contribution in [1.82, 2.24) is 25.9 Å². The smallest absolute Gasteiger partial charge is 0.191 e. The first-order chi connectivity index (χ1) is 8.79. The quantitative estimate of drug-likeness (QED) is 0.808. The van der Waals surface area contributed by atoms with Gasteiger partial charge in [0.15, 0.2) is 5.82 Å². The molecule has 18 heavy (non-hydrogen) atoms. The fourth-order valence-corrected chi connectivity index (χ4v) is 1.63. The van der Waals surface area contributed by atoms with Crippen molar-refractivity contribution in [3.8, 4) is 5.75 Å². The van der Waals surface area contributed by atoms with E-state index in [4.69, 9.17) is 4.74 Å². The van der Waals surface area contributed by atoms with Gasteiger partial charge in [-0.3, -0.25) is 0 Å². The number of H-pyrrole nitrogens is 1. The van der Waals surface area contributed by atoms with Gasteiger partial charge in [-0.25, -0.2) is 0 Å². The van der Waals surface area contributed by atoms with E-state index in [-0.39, 0.29) is 6.04 Å². The monoisotopic (exact) mass is 247 g/mol. The lowest BCUT2D eigenvalue weighted by Gasteiger charge is -2.10. The Morgan fingerprint density at radius 3 is 3.06 bits per heavy atom. The van der Waals surface area contributed by atoms with Gasteiger partial charge in [0.25, 0.3) is 0 Å². The Bertz CT molecular complexity index is 471. The van der Waals surface area contributed by atoms with Gasteiger partial charge in [0, 0.05) is 6.54 Å². The molecule has 1 aromatic carbocycles. The van der Waals surface area contributed by atoms with Crippen molar-refractivity contribution in [2.45, 2.75) is 26.4 Å². The zero-order chi connectivity index (χ0) is 12.8. The molecule has 0 aliphatic carbocycles. The normalized spacial score (nSPS) is 12.3. The number of nitrogens with one attached hydrogen (secondary N) is 2. The average Bonchev–Trinajstić information content (AvgIpc) is 2.91. The van der Waals surface area contributed by atoms with Crippen LogP contribution >= 0.6 is 0 Å². The van der Waals surface area contributed by atoms with Gasteiger partial charge in [-0.15, -0.1) is 10.2 Å². The van der Waals surface area contributed by atoms with Gasteiger partial charge >= 0.3 is 0 Å². The van der Waals surface area contributed by atoms with E-state index in [1.54, 1.807) is 0 Å². The summed E-state index contributed by atoms with van der Waals surface area (Å²) < 4.78 is 5.46. The van der Waals surface area contributed by atoms with Crippen molar-refractivity contribution >= 4 is 0 Å². The zero-order valence-corrected chi connectivity index (χ0v) is 10.6. The molecule has 0 aliphatic heterocycles. The van der Waals surface area contributed by atoms with Crippen molar-refractivity contribution in [2.75, 3.05) is 6.61 Å². The van der Waals surface area contributed by atoms with E-state index in [2.05, 4.69) is 32.0 Å². The van der Waals surface area contributed by atoms with E-state index in [0.29, 0.717) is 12.4 Å². The molecule has 1 atom stereocenters. The molecule has 0 fully saturated rings. The van der Waals surface area contributed by atoms with Crippen LogP contribution in [0.5, 0.6) is 5.75 Å². The number of nitrogens with zero attached hydrogens (tertiary/aromatic N) is 3. The molecule has 2 rings (SSSR count). The van der Waals surface area contributed by atoms with Crippen LogP contribution in [0.15, 0.2) is 24.3 Å². The molecule has 0 aliphatic rings. The van der Waals surface area contributed by atoms with Crippen LogP contribution in [-0.4, -0.2) is 27.2 Å². The Hall–Kier alpha value is -1.95. The van der Waals surface area contributed by atoms with Gasteiger partial charge in [-0.2, -0.15) is 5.21 Å². The van der Waals surface area contributed by atoms with Gasteiger partial charge in [-0.1, -0.05) is 17.3 Å². The summed E-state index contributed by atoms with van der Waals surface area (Å²) in [5, 5.41) is 17.2. The van der Waals surface area contributed by atoms with E-state index < -0.39 is 0 Å². The molecule has 96 valence electrons. The lowest BCUT2D eigenvalue weighted by molar-refractivity contribution is 0.339. The summed E-state index contributed by atoms with van der Waals surface area (Å²) in [4.78, 5) is 0. The van der Waals surface area contributed by atoms with Crippen LogP contribution in [0.25, 0.3) is 0 Å². The first kappa shape index (κ1) is 12.5. The van der Waals surface area contributed by atoms with E-state index in [1.807, 2.05) is 32.0 Å². The summed E-state index contributed by atoms with van der Waals surface area (Å²) in [6, 6.07) is 8.08. The maximum atomic E-state index is 5.46. The third-order valence-electron chi connectivity index (χ3n) is 2.57. The Labute approximate surface area is 106 Å². The minimum Gasteiger partial charge on any atom is -0.494 e. The minimum atomic E-state index is 0.0551. The van der Waals surface area contributed by atoms with E-state index in [9.17, 15) is 0 Å². The van der Waals surface area contributed by atoms with Gasteiger partial charge in [0.1, 0.15) is 5.75 Å². The first-order valence-electron chi connectivity index (χ1n) is 5.98. The van der Waals surface area contributed by atoms with Crippen molar-refractivity contribution < 1.29 is 4.74 Å². The second kappa shape index (κ2) is 6.11. The second-order valence-electron chi connectivity index (χ2n) is 3.95. The zero-order valence-electron chi connectivity index (χ0n) is 10.6. The van der Waals surface area contributed by atoms with Crippen LogP contribution in [-0.2, 0) is 6.54 Å². The lowest BCUT2D eigenvalue weighted by atomic mass is 10.2. The molecule has 0 saturated heterocycles. The van der Waals surface area contributed by atoms with Crippen LogP contribution in [0.1, 0.15) is 31.3 Å². The Kier molecular flexibility index (Phi) is 4.25. The highest BCUT2D eigenvalue weighted by atomic mass is 16.5. The summed E-state index contributed by atoms with van der Waals surface area (Å²) in [5.41, 5.74) is 1.16. The summed E-state index contributed by atoms with van der Waals surface area (Å²) >= 11 is 0. The van der Waals surface area contributed by atoms with Crippen LogP contribution in [0.3, 0.4) is 0 Å². The average molecular weight is 247 g/mol.